The number of benzene rings is 1. The van der Waals surface area contributed by atoms with E-state index in [0.717, 1.165) is 27.3 Å². The SMILES string of the molecule is Cc1nc(Cn2nc(CN)c3ccccc32)cs1. The maximum atomic E-state index is 5.74. The van der Waals surface area contributed by atoms with Gasteiger partial charge in [-0.1, -0.05) is 18.2 Å². The topological polar surface area (TPSA) is 56.7 Å². The van der Waals surface area contributed by atoms with Gasteiger partial charge in [0.25, 0.3) is 0 Å². The summed E-state index contributed by atoms with van der Waals surface area (Å²) >= 11 is 1.66. The van der Waals surface area contributed by atoms with Gasteiger partial charge in [-0.3, -0.25) is 4.68 Å². The fourth-order valence-corrected chi connectivity index (χ4v) is 2.71. The zero-order valence-electron chi connectivity index (χ0n) is 10.1. The fourth-order valence-electron chi connectivity index (χ4n) is 2.10. The first-order chi connectivity index (χ1) is 8.78. The van der Waals surface area contributed by atoms with Crippen LogP contribution in [0.4, 0.5) is 0 Å². The molecule has 3 rings (SSSR count). The van der Waals surface area contributed by atoms with E-state index in [1.807, 2.05) is 23.7 Å². The van der Waals surface area contributed by atoms with E-state index in [4.69, 9.17) is 5.73 Å². The van der Waals surface area contributed by atoms with Crippen molar-refractivity contribution >= 4 is 22.2 Å². The highest BCUT2D eigenvalue weighted by Gasteiger charge is 2.09. The maximum absolute atomic E-state index is 5.74. The third-order valence-electron chi connectivity index (χ3n) is 2.91. The quantitative estimate of drug-likeness (QED) is 0.784. The number of fused-ring (bicyclic) bond motifs is 1. The average molecular weight is 258 g/mol. The number of aryl methyl sites for hydroxylation is 1. The van der Waals surface area contributed by atoms with Gasteiger partial charge in [0.15, 0.2) is 0 Å². The third-order valence-corrected chi connectivity index (χ3v) is 3.73. The summed E-state index contributed by atoms with van der Waals surface area (Å²) in [6, 6.07) is 8.17. The monoisotopic (exact) mass is 258 g/mol. The van der Waals surface area contributed by atoms with Crippen molar-refractivity contribution in [3.8, 4) is 0 Å². The Hall–Kier alpha value is -1.72. The number of para-hydroxylation sites is 1. The van der Waals surface area contributed by atoms with Gasteiger partial charge in [0.1, 0.15) is 0 Å². The molecule has 0 fully saturated rings. The van der Waals surface area contributed by atoms with Crippen molar-refractivity contribution in [1.29, 1.82) is 0 Å². The molecule has 2 N–H and O–H groups in total. The van der Waals surface area contributed by atoms with Crippen molar-refractivity contribution in [3.05, 3.63) is 46.0 Å². The summed E-state index contributed by atoms with van der Waals surface area (Å²) in [4.78, 5) is 4.47. The lowest BCUT2D eigenvalue weighted by atomic mass is 10.2. The van der Waals surface area contributed by atoms with Crippen LogP contribution in [0, 0.1) is 6.92 Å². The molecule has 0 aliphatic carbocycles. The summed E-state index contributed by atoms with van der Waals surface area (Å²) < 4.78 is 1.98. The van der Waals surface area contributed by atoms with Crippen molar-refractivity contribution in [2.75, 3.05) is 0 Å². The van der Waals surface area contributed by atoms with Crippen LogP contribution in [-0.2, 0) is 13.1 Å². The third kappa shape index (κ3) is 1.91. The number of aromatic nitrogens is 3. The summed E-state index contributed by atoms with van der Waals surface area (Å²) in [5, 5.41) is 8.86. The number of nitrogens with zero attached hydrogens (tertiary/aromatic N) is 3. The van der Waals surface area contributed by atoms with Gasteiger partial charge in [-0.25, -0.2) is 4.98 Å². The van der Waals surface area contributed by atoms with Crippen molar-refractivity contribution in [1.82, 2.24) is 14.8 Å². The van der Waals surface area contributed by atoms with E-state index < -0.39 is 0 Å². The molecular weight excluding hydrogens is 244 g/mol. The van der Waals surface area contributed by atoms with Crippen LogP contribution in [0.2, 0.25) is 0 Å². The van der Waals surface area contributed by atoms with Gasteiger partial charge in [-0.05, 0) is 13.0 Å². The lowest BCUT2D eigenvalue weighted by Crippen LogP contribution is -2.04. The molecule has 0 radical (unpaired) electrons. The number of thiazole rings is 1. The van der Waals surface area contributed by atoms with Gasteiger partial charge in [0.2, 0.25) is 0 Å². The lowest BCUT2D eigenvalue weighted by Gasteiger charge is -2.00. The molecule has 2 aromatic heterocycles. The van der Waals surface area contributed by atoms with Crippen LogP contribution in [0.1, 0.15) is 16.4 Å². The van der Waals surface area contributed by atoms with Crippen LogP contribution in [0.15, 0.2) is 29.6 Å². The minimum absolute atomic E-state index is 0.462. The first-order valence-electron chi connectivity index (χ1n) is 5.83. The van der Waals surface area contributed by atoms with E-state index in [1.54, 1.807) is 11.3 Å². The lowest BCUT2D eigenvalue weighted by molar-refractivity contribution is 0.682. The predicted octanol–water partition coefficient (Wildman–Crippen LogP) is 2.31. The largest absolute Gasteiger partial charge is 0.325 e. The minimum Gasteiger partial charge on any atom is -0.325 e. The van der Waals surface area contributed by atoms with Gasteiger partial charge in [0, 0.05) is 17.3 Å². The van der Waals surface area contributed by atoms with Gasteiger partial charge in [0.05, 0.1) is 28.5 Å². The Kier molecular flexibility index (Phi) is 2.85. The highest BCUT2D eigenvalue weighted by Crippen LogP contribution is 2.19. The molecule has 2 heterocycles. The van der Waals surface area contributed by atoms with Gasteiger partial charge < -0.3 is 5.73 Å². The molecule has 0 amide bonds. The molecular formula is C13H14N4S. The van der Waals surface area contributed by atoms with E-state index in [0.29, 0.717) is 13.1 Å². The molecule has 5 heteroatoms. The van der Waals surface area contributed by atoms with Crippen LogP contribution < -0.4 is 5.73 Å². The van der Waals surface area contributed by atoms with Gasteiger partial charge >= 0.3 is 0 Å². The molecule has 1 aromatic carbocycles. The molecule has 18 heavy (non-hydrogen) atoms. The number of hydrogen-bond donors (Lipinski definition) is 1. The second-order valence-electron chi connectivity index (χ2n) is 4.18. The predicted molar refractivity (Wildman–Crippen MR) is 73.6 cm³/mol. The standard InChI is InChI=1S/C13H14N4S/c1-9-15-10(8-18-9)7-17-13-5-3-2-4-11(13)12(6-14)16-17/h2-5,8H,6-7,14H2,1H3. The summed E-state index contributed by atoms with van der Waals surface area (Å²) in [7, 11) is 0. The van der Waals surface area contributed by atoms with Crippen molar-refractivity contribution < 1.29 is 0 Å². The normalized spacial score (nSPS) is 11.2. The molecule has 0 bridgehead atoms. The van der Waals surface area contributed by atoms with E-state index in [2.05, 4.69) is 27.6 Å². The second-order valence-corrected chi connectivity index (χ2v) is 5.25. The first-order valence-corrected chi connectivity index (χ1v) is 6.71. The molecule has 0 aliphatic heterocycles. The number of rotatable bonds is 3. The molecule has 3 aromatic rings. The first kappa shape index (κ1) is 11.4. The zero-order valence-corrected chi connectivity index (χ0v) is 10.9. The summed E-state index contributed by atoms with van der Waals surface area (Å²) in [5.41, 5.74) is 8.84. The Bertz CT molecular complexity index is 683. The smallest absolute Gasteiger partial charge is 0.0898 e. The molecule has 0 saturated heterocycles. The molecule has 0 spiro atoms. The van der Waals surface area contributed by atoms with Crippen molar-refractivity contribution in [2.45, 2.75) is 20.0 Å². The molecule has 4 nitrogen and oxygen atoms in total. The Morgan fingerprint density at radius 3 is 2.89 bits per heavy atom. The van der Waals surface area contributed by atoms with Crippen molar-refractivity contribution in [2.24, 2.45) is 5.73 Å². The van der Waals surface area contributed by atoms with Crippen molar-refractivity contribution in [3.63, 3.8) is 0 Å². The van der Waals surface area contributed by atoms with Crippen LogP contribution in [-0.4, -0.2) is 14.8 Å². The van der Waals surface area contributed by atoms with Crippen LogP contribution in [0.25, 0.3) is 10.9 Å². The molecule has 0 saturated carbocycles. The average Bonchev–Trinajstić information content (AvgIpc) is 2.95. The minimum atomic E-state index is 0.462. The van der Waals surface area contributed by atoms with Gasteiger partial charge in [-0.2, -0.15) is 5.10 Å². The second kappa shape index (κ2) is 4.51. The van der Waals surface area contributed by atoms with E-state index >= 15 is 0 Å². The fraction of sp³-hybridized carbons (Fsp3) is 0.231. The Labute approximate surface area is 109 Å². The van der Waals surface area contributed by atoms with Gasteiger partial charge in [-0.15, -0.1) is 11.3 Å². The molecule has 0 atom stereocenters. The summed E-state index contributed by atoms with van der Waals surface area (Å²) in [6.07, 6.45) is 0. The van der Waals surface area contributed by atoms with Crippen LogP contribution in [0.5, 0.6) is 0 Å². The zero-order chi connectivity index (χ0) is 12.5. The Morgan fingerprint density at radius 1 is 1.33 bits per heavy atom. The van der Waals surface area contributed by atoms with E-state index in [9.17, 15) is 0 Å². The Morgan fingerprint density at radius 2 is 2.17 bits per heavy atom. The Balaban J connectivity index is 2.06. The summed E-state index contributed by atoms with van der Waals surface area (Å²) in [6.45, 7) is 3.18. The number of hydrogen-bond acceptors (Lipinski definition) is 4. The number of nitrogens with two attached hydrogens (primary N) is 1. The highest BCUT2D eigenvalue weighted by molar-refractivity contribution is 7.09. The van der Waals surface area contributed by atoms with E-state index in [1.165, 1.54) is 0 Å². The van der Waals surface area contributed by atoms with Crippen LogP contribution in [0.3, 0.4) is 0 Å². The highest BCUT2D eigenvalue weighted by atomic mass is 32.1. The maximum Gasteiger partial charge on any atom is 0.0898 e. The molecule has 0 aliphatic rings. The molecule has 0 unspecified atom stereocenters. The van der Waals surface area contributed by atoms with E-state index in [-0.39, 0.29) is 0 Å². The molecule has 92 valence electrons. The van der Waals surface area contributed by atoms with Crippen LogP contribution >= 0.6 is 11.3 Å². The summed E-state index contributed by atoms with van der Waals surface area (Å²) in [5.74, 6) is 0.